The summed E-state index contributed by atoms with van der Waals surface area (Å²) in [7, 11) is -7.75. The van der Waals surface area contributed by atoms with E-state index < -0.39 is 27.1 Å². The van der Waals surface area contributed by atoms with E-state index >= 15 is 0 Å². The lowest BCUT2D eigenvalue weighted by molar-refractivity contribution is -0.272. The number of hydrogen-bond acceptors (Lipinski definition) is 9. The summed E-state index contributed by atoms with van der Waals surface area (Å²) in [5.74, 6) is 0. The van der Waals surface area contributed by atoms with Crippen molar-refractivity contribution in [3.05, 3.63) is 0 Å². The van der Waals surface area contributed by atoms with Crippen LogP contribution in [0.1, 0.15) is 34.6 Å². The van der Waals surface area contributed by atoms with E-state index in [1.165, 1.54) is 6.92 Å². The average molecular weight is 358 g/mol. The van der Waals surface area contributed by atoms with Gasteiger partial charge >= 0.3 is 16.4 Å². The van der Waals surface area contributed by atoms with Crippen molar-refractivity contribution in [2.24, 2.45) is 0 Å². The van der Waals surface area contributed by atoms with Crippen LogP contribution in [-0.2, 0) is 41.8 Å². The van der Waals surface area contributed by atoms with E-state index in [0.717, 1.165) is 0 Å². The summed E-state index contributed by atoms with van der Waals surface area (Å²) in [6.45, 7) is 8.56. The lowest BCUT2D eigenvalue weighted by Gasteiger charge is -2.48. The lowest BCUT2D eigenvalue weighted by atomic mass is 10.4. The molecule has 22 heavy (non-hydrogen) atoms. The minimum atomic E-state index is -4.19. The zero-order valence-corrected chi connectivity index (χ0v) is 15.3. The van der Waals surface area contributed by atoms with Gasteiger partial charge in [0.1, 0.15) is 0 Å². The highest BCUT2D eigenvalue weighted by Gasteiger charge is 2.79. The molecule has 0 saturated carbocycles. The van der Waals surface area contributed by atoms with Gasteiger partial charge in [-0.05, 0) is 34.6 Å². The maximum Gasteiger partial charge on any atom is 0.579 e. The highest BCUT2D eigenvalue weighted by Crippen LogP contribution is 2.66. The zero-order valence-electron chi connectivity index (χ0n) is 13.4. The van der Waals surface area contributed by atoms with E-state index in [9.17, 15) is 9.36 Å². The molecule has 11 heteroatoms. The van der Waals surface area contributed by atoms with Gasteiger partial charge in [-0.2, -0.15) is 0 Å². The molecule has 1 rings (SSSR count). The van der Waals surface area contributed by atoms with Crippen molar-refractivity contribution in [1.29, 1.82) is 0 Å². The second-order valence-electron chi connectivity index (χ2n) is 4.30. The van der Waals surface area contributed by atoms with Gasteiger partial charge in [-0.3, -0.25) is 9.36 Å². The van der Waals surface area contributed by atoms with Crippen LogP contribution in [0.5, 0.6) is 0 Å². The Morgan fingerprint density at radius 1 is 1.00 bits per heavy atom. The fourth-order valence-electron chi connectivity index (χ4n) is 1.78. The van der Waals surface area contributed by atoms with Crippen LogP contribution >= 0.6 is 7.60 Å². The van der Waals surface area contributed by atoms with Crippen molar-refractivity contribution in [2.75, 3.05) is 26.4 Å². The number of rotatable bonds is 11. The third-order valence-corrected chi connectivity index (χ3v) is 8.13. The van der Waals surface area contributed by atoms with E-state index in [1.807, 2.05) is 0 Å². The molecule has 9 nitrogen and oxygen atoms in total. The SMILES string of the molecule is CCOOP(=O)(OOCC)C1(C)O[Si](OCC)(OCC)C1=O. The minimum Gasteiger partial charge on any atom is -0.369 e. The van der Waals surface area contributed by atoms with Crippen LogP contribution in [0, 0.1) is 0 Å². The van der Waals surface area contributed by atoms with Gasteiger partial charge in [-0.15, -0.1) is 9.35 Å². The standard InChI is InChI=1S/C11H23O9PSi/c1-6-14-19-21(13,20-15-7-2)11(5)10(12)22(18-11,16-8-3)17-9-4/h6-9H2,1-5H3. The monoisotopic (exact) mass is 358 g/mol. The molecule has 1 fully saturated rings. The quantitative estimate of drug-likeness (QED) is 0.237. The Bertz CT molecular complexity index is 414. The Hall–Kier alpha value is -0.163. The molecule has 0 aromatic rings. The maximum atomic E-state index is 12.8. The van der Waals surface area contributed by atoms with Gasteiger partial charge in [0.2, 0.25) is 10.7 Å². The molecule has 0 aromatic carbocycles. The third kappa shape index (κ3) is 3.50. The van der Waals surface area contributed by atoms with Crippen LogP contribution in [-0.4, -0.2) is 46.0 Å². The van der Waals surface area contributed by atoms with E-state index in [4.69, 9.17) is 22.6 Å². The number of hydrogen-bond donors (Lipinski definition) is 0. The fraction of sp³-hybridized carbons (Fsp3) is 0.909. The molecule has 1 saturated heterocycles. The Morgan fingerprint density at radius 2 is 1.45 bits per heavy atom. The van der Waals surface area contributed by atoms with Crippen LogP contribution in [0.4, 0.5) is 0 Å². The van der Waals surface area contributed by atoms with Gasteiger partial charge in [0.05, 0.1) is 13.2 Å². The first-order chi connectivity index (χ1) is 10.4. The van der Waals surface area contributed by atoms with Gasteiger partial charge in [0.25, 0.3) is 0 Å². The van der Waals surface area contributed by atoms with Crippen molar-refractivity contribution in [2.45, 2.75) is 40.0 Å². The first-order valence-corrected chi connectivity index (χ1v) is 10.4. The Balaban J connectivity index is 3.00. The molecule has 0 amide bonds. The highest BCUT2D eigenvalue weighted by molar-refractivity contribution is 7.58. The highest BCUT2D eigenvalue weighted by atomic mass is 31.2. The zero-order chi connectivity index (χ0) is 16.9. The molecule has 1 aliphatic heterocycles. The smallest absolute Gasteiger partial charge is 0.369 e. The summed E-state index contributed by atoms with van der Waals surface area (Å²) in [6.07, 6.45) is 0. The molecular weight excluding hydrogens is 335 g/mol. The van der Waals surface area contributed by atoms with Crippen molar-refractivity contribution in [3.8, 4) is 0 Å². The minimum absolute atomic E-state index is 0.100. The second-order valence-corrected chi connectivity index (χ2v) is 8.79. The Morgan fingerprint density at radius 3 is 1.77 bits per heavy atom. The summed E-state index contributed by atoms with van der Waals surface area (Å²) in [6, 6.07) is 0. The summed E-state index contributed by atoms with van der Waals surface area (Å²) in [4.78, 5) is 22.0. The fourth-order valence-corrected chi connectivity index (χ4v) is 6.87. The van der Waals surface area contributed by atoms with Crippen LogP contribution < -0.4 is 0 Å². The Kier molecular flexibility index (Phi) is 7.31. The van der Waals surface area contributed by atoms with E-state index in [0.29, 0.717) is 0 Å². The van der Waals surface area contributed by atoms with Gasteiger partial charge < -0.3 is 13.3 Å². The average Bonchev–Trinajstić information content (AvgIpc) is 2.50. The predicted octanol–water partition coefficient (Wildman–Crippen LogP) is 1.98. The molecular formula is C11H23O9PSi. The summed E-state index contributed by atoms with van der Waals surface area (Å²) < 4.78 is 38.6. The predicted molar refractivity (Wildman–Crippen MR) is 76.5 cm³/mol. The third-order valence-electron chi connectivity index (χ3n) is 2.76. The molecule has 0 aromatic heterocycles. The summed E-state index contributed by atoms with van der Waals surface area (Å²) in [5.41, 5.74) is 0. The van der Waals surface area contributed by atoms with Crippen LogP contribution in [0.25, 0.3) is 0 Å². The Labute approximate surface area is 130 Å². The van der Waals surface area contributed by atoms with Crippen molar-refractivity contribution in [3.63, 3.8) is 0 Å². The van der Waals surface area contributed by atoms with Crippen LogP contribution in [0.3, 0.4) is 0 Å². The molecule has 0 N–H and O–H groups in total. The van der Waals surface area contributed by atoms with Gasteiger partial charge in [0, 0.05) is 13.2 Å². The lowest BCUT2D eigenvalue weighted by Crippen LogP contribution is -2.75. The van der Waals surface area contributed by atoms with E-state index in [1.54, 1.807) is 27.7 Å². The summed E-state index contributed by atoms with van der Waals surface area (Å²) >= 11 is 0. The van der Waals surface area contributed by atoms with Gasteiger partial charge in [-0.1, -0.05) is 0 Å². The first kappa shape index (κ1) is 19.9. The van der Waals surface area contributed by atoms with Crippen molar-refractivity contribution in [1.82, 2.24) is 0 Å². The molecule has 1 heterocycles. The van der Waals surface area contributed by atoms with E-state index in [-0.39, 0.29) is 26.4 Å². The molecule has 1 atom stereocenters. The number of carbonyl (C=O) groups excluding carboxylic acids is 1. The molecule has 0 aliphatic carbocycles. The summed E-state index contributed by atoms with van der Waals surface area (Å²) in [5, 5.41) is -2.49. The van der Waals surface area contributed by atoms with Crippen LogP contribution in [0.15, 0.2) is 0 Å². The van der Waals surface area contributed by atoms with Gasteiger partial charge in [-0.25, -0.2) is 9.78 Å². The van der Waals surface area contributed by atoms with Crippen molar-refractivity contribution < 1.29 is 41.8 Å². The molecule has 0 spiro atoms. The van der Waals surface area contributed by atoms with E-state index in [2.05, 4.69) is 9.78 Å². The molecule has 0 bridgehead atoms. The molecule has 1 unspecified atom stereocenters. The first-order valence-electron chi connectivity index (χ1n) is 7.11. The largest absolute Gasteiger partial charge is 0.579 e. The second kappa shape index (κ2) is 8.09. The molecule has 0 radical (unpaired) electrons. The normalized spacial score (nSPS) is 24.3. The van der Waals surface area contributed by atoms with Crippen LogP contribution in [0.2, 0.25) is 0 Å². The maximum absolute atomic E-state index is 12.8. The number of carbonyl (C=O) groups is 1. The molecule has 130 valence electrons. The topological polar surface area (TPSA) is 98.8 Å². The van der Waals surface area contributed by atoms with Crippen molar-refractivity contribution >= 4 is 21.8 Å². The molecule has 1 aliphatic rings. The van der Waals surface area contributed by atoms with Gasteiger partial charge in [0.15, 0.2) is 0 Å².